The van der Waals surface area contributed by atoms with Crippen molar-refractivity contribution in [3.63, 3.8) is 0 Å². The highest BCUT2D eigenvalue weighted by molar-refractivity contribution is 5.58. The van der Waals surface area contributed by atoms with Crippen molar-refractivity contribution in [1.82, 2.24) is 15.1 Å². The number of hydrogen-bond acceptors (Lipinski definition) is 4. The molecule has 1 aromatic carbocycles. The summed E-state index contributed by atoms with van der Waals surface area (Å²) >= 11 is 0. The minimum Gasteiger partial charge on any atom is -0.495 e. The average Bonchev–Trinajstić information content (AvgIpc) is 2.94. The Morgan fingerprint density at radius 3 is 2.83 bits per heavy atom. The normalized spacial score (nSPS) is 19.3. The molecule has 0 radical (unpaired) electrons. The van der Waals surface area contributed by atoms with E-state index in [-0.39, 0.29) is 0 Å². The number of nitrogens with one attached hydrogen (secondary N) is 1. The van der Waals surface area contributed by atoms with Gasteiger partial charge in [-0.3, -0.25) is 4.68 Å². The monoisotopic (exact) mass is 328 g/mol. The summed E-state index contributed by atoms with van der Waals surface area (Å²) in [6.45, 7) is 6.44. The molecule has 0 saturated carbocycles. The number of anilines is 1. The van der Waals surface area contributed by atoms with Gasteiger partial charge in [0.2, 0.25) is 0 Å². The highest BCUT2D eigenvalue weighted by Gasteiger charge is 2.24. The molecule has 0 spiro atoms. The summed E-state index contributed by atoms with van der Waals surface area (Å²) in [5.41, 5.74) is 3.70. The first-order valence-electron chi connectivity index (χ1n) is 8.72. The zero-order valence-corrected chi connectivity index (χ0v) is 15.1. The molecule has 3 rings (SSSR count). The molecule has 2 atom stereocenters. The lowest BCUT2D eigenvalue weighted by molar-refractivity contribution is 0.380. The van der Waals surface area contributed by atoms with Crippen LogP contribution in [0.1, 0.15) is 37.1 Å². The third-order valence-electron chi connectivity index (χ3n) is 5.07. The molecule has 2 heterocycles. The molecule has 24 heavy (non-hydrogen) atoms. The van der Waals surface area contributed by atoms with Crippen LogP contribution in [0.15, 0.2) is 30.5 Å². The summed E-state index contributed by atoms with van der Waals surface area (Å²) in [6, 6.07) is 9.06. The van der Waals surface area contributed by atoms with Gasteiger partial charge in [-0.25, -0.2) is 0 Å². The number of para-hydroxylation sites is 2. The molecule has 0 aliphatic carbocycles. The second kappa shape index (κ2) is 7.26. The number of benzene rings is 1. The van der Waals surface area contributed by atoms with Gasteiger partial charge in [0.05, 0.1) is 19.0 Å². The van der Waals surface area contributed by atoms with Crippen LogP contribution in [-0.2, 0) is 7.05 Å². The van der Waals surface area contributed by atoms with Crippen LogP contribution in [0.3, 0.4) is 0 Å². The van der Waals surface area contributed by atoms with Crippen molar-refractivity contribution in [3.8, 4) is 5.75 Å². The molecular formula is C19H28N4O. The van der Waals surface area contributed by atoms with Crippen molar-refractivity contribution in [2.75, 3.05) is 25.1 Å². The summed E-state index contributed by atoms with van der Waals surface area (Å²) in [4.78, 5) is 2.43. The predicted octanol–water partition coefficient (Wildman–Crippen LogP) is 3.06. The van der Waals surface area contributed by atoms with Gasteiger partial charge in [-0.05, 0) is 38.8 Å². The lowest BCUT2D eigenvalue weighted by Crippen LogP contribution is -2.46. The molecule has 0 bridgehead atoms. The van der Waals surface area contributed by atoms with E-state index in [1.54, 1.807) is 7.11 Å². The Hall–Kier alpha value is -2.01. The average molecular weight is 328 g/mol. The third kappa shape index (κ3) is 3.41. The fourth-order valence-electron chi connectivity index (χ4n) is 3.61. The van der Waals surface area contributed by atoms with E-state index in [0.29, 0.717) is 12.1 Å². The van der Waals surface area contributed by atoms with E-state index in [4.69, 9.17) is 4.74 Å². The van der Waals surface area contributed by atoms with Crippen LogP contribution in [0.5, 0.6) is 5.75 Å². The van der Waals surface area contributed by atoms with Crippen LogP contribution in [0, 0.1) is 6.92 Å². The van der Waals surface area contributed by atoms with Crippen molar-refractivity contribution in [2.24, 2.45) is 7.05 Å². The van der Waals surface area contributed by atoms with Gasteiger partial charge in [0.1, 0.15) is 5.75 Å². The Labute approximate surface area is 144 Å². The van der Waals surface area contributed by atoms with Crippen molar-refractivity contribution in [3.05, 3.63) is 41.7 Å². The van der Waals surface area contributed by atoms with E-state index in [1.165, 1.54) is 29.8 Å². The van der Waals surface area contributed by atoms with Gasteiger partial charge >= 0.3 is 0 Å². The van der Waals surface area contributed by atoms with Crippen LogP contribution in [0.2, 0.25) is 0 Å². The molecular weight excluding hydrogens is 300 g/mol. The van der Waals surface area contributed by atoms with Gasteiger partial charge in [0.15, 0.2) is 0 Å². The number of nitrogens with zero attached hydrogens (tertiary/aromatic N) is 3. The molecule has 5 nitrogen and oxygen atoms in total. The number of aromatic nitrogens is 2. The Balaban J connectivity index is 1.68. The standard InChI is InChI=1S/C19H28N4O/c1-14(17-12-20-22(3)15(17)2)21-16-8-7-11-23(13-16)18-9-5-6-10-19(18)24-4/h5-6,9-10,12,14,16,21H,7-8,11,13H2,1-4H3/t14-,16-/m0/s1. The van der Waals surface area contributed by atoms with E-state index in [9.17, 15) is 0 Å². The second-order valence-electron chi connectivity index (χ2n) is 6.65. The number of methoxy groups -OCH3 is 1. The highest BCUT2D eigenvalue weighted by Crippen LogP contribution is 2.30. The van der Waals surface area contributed by atoms with E-state index >= 15 is 0 Å². The number of rotatable bonds is 5. The van der Waals surface area contributed by atoms with Crippen LogP contribution in [0.4, 0.5) is 5.69 Å². The SMILES string of the molecule is COc1ccccc1N1CCC[C@H](N[C@@H](C)c2cnn(C)c2C)C1. The summed E-state index contributed by atoms with van der Waals surface area (Å²) in [6.07, 6.45) is 4.37. The first-order chi connectivity index (χ1) is 11.6. The lowest BCUT2D eigenvalue weighted by atomic mass is 10.0. The van der Waals surface area contributed by atoms with Gasteiger partial charge in [-0.1, -0.05) is 12.1 Å². The molecule has 1 aliphatic rings. The van der Waals surface area contributed by atoms with Crippen molar-refractivity contribution >= 4 is 5.69 Å². The van der Waals surface area contributed by atoms with E-state index in [0.717, 1.165) is 18.8 Å². The Kier molecular flexibility index (Phi) is 5.09. The molecule has 1 saturated heterocycles. The van der Waals surface area contributed by atoms with E-state index in [1.807, 2.05) is 30.1 Å². The molecule has 1 aliphatic heterocycles. The second-order valence-corrected chi connectivity index (χ2v) is 6.65. The van der Waals surface area contributed by atoms with Crippen LogP contribution in [0.25, 0.3) is 0 Å². The fraction of sp³-hybridized carbons (Fsp3) is 0.526. The largest absolute Gasteiger partial charge is 0.495 e. The molecule has 130 valence electrons. The van der Waals surface area contributed by atoms with Crippen molar-refractivity contribution in [1.29, 1.82) is 0 Å². The van der Waals surface area contributed by atoms with Gasteiger partial charge in [-0.2, -0.15) is 5.10 Å². The topological polar surface area (TPSA) is 42.3 Å². The highest BCUT2D eigenvalue weighted by atomic mass is 16.5. The summed E-state index contributed by atoms with van der Waals surface area (Å²) in [7, 11) is 3.74. The van der Waals surface area contributed by atoms with Gasteiger partial charge in [-0.15, -0.1) is 0 Å². The van der Waals surface area contributed by atoms with Gasteiger partial charge in [0.25, 0.3) is 0 Å². The molecule has 0 amide bonds. The minimum atomic E-state index is 0.307. The molecule has 2 aromatic rings. The number of piperidine rings is 1. The number of hydrogen-bond donors (Lipinski definition) is 1. The molecule has 0 unspecified atom stereocenters. The van der Waals surface area contributed by atoms with Crippen LogP contribution >= 0.6 is 0 Å². The molecule has 5 heteroatoms. The molecule has 1 N–H and O–H groups in total. The Morgan fingerprint density at radius 1 is 1.33 bits per heavy atom. The van der Waals surface area contributed by atoms with E-state index < -0.39 is 0 Å². The van der Waals surface area contributed by atoms with Gasteiger partial charge in [0, 0.05) is 43.5 Å². The predicted molar refractivity (Wildman–Crippen MR) is 97.7 cm³/mol. The Bertz CT molecular complexity index is 682. The summed E-state index contributed by atoms with van der Waals surface area (Å²) < 4.78 is 7.47. The summed E-state index contributed by atoms with van der Waals surface area (Å²) in [5.74, 6) is 0.953. The lowest BCUT2D eigenvalue weighted by Gasteiger charge is -2.36. The third-order valence-corrected chi connectivity index (χ3v) is 5.07. The number of ether oxygens (including phenoxy) is 1. The maximum absolute atomic E-state index is 5.53. The van der Waals surface area contributed by atoms with Crippen LogP contribution < -0.4 is 15.0 Å². The maximum atomic E-state index is 5.53. The van der Waals surface area contributed by atoms with E-state index in [2.05, 4.69) is 41.3 Å². The minimum absolute atomic E-state index is 0.307. The first-order valence-corrected chi connectivity index (χ1v) is 8.72. The maximum Gasteiger partial charge on any atom is 0.142 e. The smallest absolute Gasteiger partial charge is 0.142 e. The zero-order chi connectivity index (χ0) is 17.1. The zero-order valence-electron chi connectivity index (χ0n) is 15.1. The molecule has 1 fully saturated rings. The van der Waals surface area contributed by atoms with Crippen molar-refractivity contribution in [2.45, 2.75) is 38.8 Å². The van der Waals surface area contributed by atoms with Crippen molar-refractivity contribution < 1.29 is 4.74 Å². The first kappa shape index (κ1) is 16.8. The van der Waals surface area contributed by atoms with Gasteiger partial charge < -0.3 is 15.0 Å². The fourth-order valence-corrected chi connectivity index (χ4v) is 3.61. The Morgan fingerprint density at radius 2 is 2.12 bits per heavy atom. The van der Waals surface area contributed by atoms with Crippen LogP contribution in [-0.4, -0.2) is 36.0 Å². The number of aryl methyl sites for hydroxylation is 1. The quantitative estimate of drug-likeness (QED) is 0.916. The summed E-state index contributed by atoms with van der Waals surface area (Å²) in [5, 5.41) is 8.16. The molecule has 1 aromatic heterocycles.